The van der Waals surface area contributed by atoms with Crippen molar-refractivity contribution in [1.29, 1.82) is 0 Å². The zero-order valence-corrected chi connectivity index (χ0v) is 4.79. The van der Waals surface area contributed by atoms with Crippen molar-refractivity contribution >= 4 is 7.82 Å². The van der Waals surface area contributed by atoms with E-state index in [1.165, 1.54) is 0 Å². The van der Waals surface area contributed by atoms with Crippen LogP contribution in [-0.4, -0.2) is 0 Å². The number of quaternary nitrogens is 1. The van der Waals surface area contributed by atoms with Gasteiger partial charge in [-0.15, -0.1) is 9.35 Å². The predicted octanol–water partition coefficient (Wildman–Crippen LogP) is -0.344. The van der Waals surface area contributed by atoms with E-state index in [9.17, 15) is 9.46 Å². The van der Waals surface area contributed by atoms with E-state index in [0.29, 0.717) is 0 Å². The lowest BCUT2D eigenvalue weighted by molar-refractivity contribution is -0.532. The van der Waals surface area contributed by atoms with Crippen LogP contribution >= 0.6 is 7.82 Å². The van der Waals surface area contributed by atoms with Crippen LogP contribution in [0.3, 0.4) is 0 Å². The lowest BCUT2D eigenvalue weighted by Gasteiger charge is -2.02. The molecule has 1 rings (SSSR count). The predicted molar refractivity (Wildman–Crippen MR) is 17.9 cm³/mol. The van der Waals surface area contributed by atoms with Gasteiger partial charge in [0.25, 0.3) is 0 Å². The smallest absolute Gasteiger partial charge is 0.333 e. The molecular formula is H4NO6P. The van der Waals surface area contributed by atoms with Gasteiger partial charge in [-0.05, 0) is 10.1 Å². The molecule has 0 amide bonds. The largest absolute Gasteiger partial charge is 0.753 e. The quantitative estimate of drug-likeness (QED) is 0.368. The first-order chi connectivity index (χ1) is 3.21. The van der Waals surface area contributed by atoms with Crippen LogP contribution in [0.5, 0.6) is 0 Å². The van der Waals surface area contributed by atoms with Crippen molar-refractivity contribution in [3.8, 4) is 0 Å². The Morgan fingerprint density at radius 3 is 1.75 bits per heavy atom. The molecule has 1 aliphatic heterocycles. The Morgan fingerprint density at radius 2 is 1.62 bits per heavy atom. The summed E-state index contributed by atoms with van der Waals surface area (Å²) in [6, 6.07) is 0. The molecule has 0 aromatic carbocycles. The third-order valence-corrected chi connectivity index (χ3v) is 0.758. The maximum atomic E-state index is 9.76. The molecule has 0 spiro atoms. The van der Waals surface area contributed by atoms with Gasteiger partial charge in [-0.3, -0.25) is 4.57 Å². The summed E-state index contributed by atoms with van der Waals surface area (Å²) in [6.45, 7) is 0. The first kappa shape index (κ1) is 7.99. The fourth-order valence-corrected chi connectivity index (χ4v) is 0.335. The van der Waals surface area contributed by atoms with Crippen LogP contribution in [-0.2, 0) is 24.0 Å². The summed E-state index contributed by atoms with van der Waals surface area (Å²) in [7, 11) is -4.24. The molecule has 1 aliphatic rings. The highest BCUT2D eigenvalue weighted by atomic mass is 31.2. The van der Waals surface area contributed by atoms with Gasteiger partial charge in [0.15, 0.2) is 0 Å². The zero-order valence-electron chi connectivity index (χ0n) is 3.90. The van der Waals surface area contributed by atoms with Crippen molar-refractivity contribution in [2.75, 3.05) is 0 Å². The topological polar surface area (TPSA) is 114 Å². The molecular weight excluding hydrogens is 141 g/mol. The van der Waals surface area contributed by atoms with Gasteiger partial charge in [-0.1, -0.05) is 0 Å². The van der Waals surface area contributed by atoms with E-state index in [-0.39, 0.29) is 6.15 Å². The fourth-order valence-electron chi connectivity index (χ4n) is 0.112. The van der Waals surface area contributed by atoms with Crippen molar-refractivity contribution in [2.45, 2.75) is 0 Å². The summed E-state index contributed by atoms with van der Waals surface area (Å²) in [4.78, 5) is 9.76. The minimum absolute atomic E-state index is 0. The average molecular weight is 145 g/mol. The highest BCUT2D eigenvalue weighted by Crippen LogP contribution is 2.43. The summed E-state index contributed by atoms with van der Waals surface area (Å²) in [5.74, 6) is 0. The lowest BCUT2D eigenvalue weighted by atomic mass is 14.0. The molecule has 0 aliphatic carbocycles. The second-order valence-corrected chi connectivity index (χ2v) is 1.92. The molecule has 1 fully saturated rings. The van der Waals surface area contributed by atoms with Crippen molar-refractivity contribution < 1.29 is 28.9 Å². The van der Waals surface area contributed by atoms with Crippen LogP contribution < -0.4 is 11.0 Å². The van der Waals surface area contributed by atoms with Crippen LogP contribution in [0.15, 0.2) is 0 Å². The molecule has 1 saturated heterocycles. The second-order valence-electron chi connectivity index (χ2n) is 0.732. The van der Waals surface area contributed by atoms with E-state index < -0.39 is 7.82 Å². The Labute approximate surface area is 44.1 Å². The minimum atomic E-state index is -4.24. The Kier molecular flexibility index (Phi) is 2.51. The highest BCUT2D eigenvalue weighted by molar-refractivity contribution is 7.45. The van der Waals surface area contributed by atoms with Crippen molar-refractivity contribution in [3.05, 3.63) is 0 Å². The number of hydrogen-bond acceptors (Lipinski definition) is 6. The molecule has 7 nitrogen and oxygen atoms in total. The molecule has 0 saturated carbocycles. The van der Waals surface area contributed by atoms with Gasteiger partial charge in [0.05, 0.1) is 0 Å². The van der Waals surface area contributed by atoms with Crippen molar-refractivity contribution in [2.24, 2.45) is 0 Å². The maximum Gasteiger partial charge on any atom is 0.333 e. The fraction of sp³-hybridized carbons (Fsp3) is 0. The summed E-state index contributed by atoms with van der Waals surface area (Å²) in [5, 5.41) is 6.72. The van der Waals surface area contributed by atoms with E-state index in [2.05, 4.69) is 19.4 Å². The normalized spacial score (nSPS) is 24.6. The van der Waals surface area contributed by atoms with E-state index in [1.54, 1.807) is 0 Å². The molecule has 50 valence electrons. The third-order valence-electron chi connectivity index (χ3n) is 0.271. The second kappa shape index (κ2) is 2.51. The lowest BCUT2D eigenvalue weighted by Crippen LogP contribution is -1.97. The van der Waals surface area contributed by atoms with E-state index in [1.807, 2.05) is 0 Å². The van der Waals surface area contributed by atoms with Gasteiger partial charge in [-0.25, -0.2) is 0 Å². The zero-order chi connectivity index (χ0) is 5.33. The van der Waals surface area contributed by atoms with E-state index >= 15 is 0 Å². The molecule has 0 aromatic heterocycles. The summed E-state index contributed by atoms with van der Waals surface area (Å²) in [5.41, 5.74) is 0. The van der Waals surface area contributed by atoms with Gasteiger partial charge in [-0.2, -0.15) is 0 Å². The van der Waals surface area contributed by atoms with Crippen LogP contribution in [0.2, 0.25) is 0 Å². The van der Waals surface area contributed by atoms with E-state index in [0.717, 1.165) is 0 Å². The number of phosphoric acid groups is 1. The summed E-state index contributed by atoms with van der Waals surface area (Å²) < 4.78 is 16.6. The Morgan fingerprint density at radius 1 is 1.25 bits per heavy atom. The van der Waals surface area contributed by atoms with Gasteiger partial charge >= 0.3 is 7.82 Å². The van der Waals surface area contributed by atoms with Gasteiger partial charge in [0, 0.05) is 0 Å². The monoisotopic (exact) mass is 145 g/mol. The van der Waals surface area contributed by atoms with Gasteiger partial charge < -0.3 is 11.0 Å². The average Bonchev–Trinajstić information content (AvgIpc) is 1.84. The highest BCUT2D eigenvalue weighted by Gasteiger charge is 2.20. The summed E-state index contributed by atoms with van der Waals surface area (Å²) in [6.07, 6.45) is 0. The first-order valence-corrected chi connectivity index (χ1v) is 2.69. The van der Waals surface area contributed by atoms with Crippen molar-refractivity contribution in [1.82, 2.24) is 6.15 Å². The SMILES string of the molecule is O=P1([O-])OOOO1.[NH4+]. The molecule has 0 radical (unpaired) electrons. The van der Waals surface area contributed by atoms with Crippen LogP contribution in [0, 0.1) is 0 Å². The molecule has 0 aromatic rings. The Bertz CT molecular complexity index is 99.1. The van der Waals surface area contributed by atoms with Crippen LogP contribution in [0.25, 0.3) is 0 Å². The molecule has 0 atom stereocenters. The maximum absolute atomic E-state index is 9.76. The van der Waals surface area contributed by atoms with Crippen LogP contribution in [0.1, 0.15) is 0 Å². The van der Waals surface area contributed by atoms with Gasteiger partial charge in [0.2, 0.25) is 0 Å². The minimum Gasteiger partial charge on any atom is -0.753 e. The molecule has 8 heavy (non-hydrogen) atoms. The molecule has 4 N–H and O–H groups in total. The molecule has 8 heteroatoms. The molecule has 0 bridgehead atoms. The standard InChI is InChI=1S/H3N.HO6P/c;1-7(2)5-3-4-6-7/h1H3;(H,1,2). The Hall–Kier alpha value is -0.0100. The van der Waals surface area contributed by atoms with Crippen molar-refractivity contribution in [3.63, 3.8) is 0 Å². The number of hydrogen-bond donors (Lipinski definition) is 1. The first-order valence-electron chi connectivity index (χ1n) is 1.23. The molecule has 0 unspecified atom stereocenters. The van der Waals surface area contributed by atoms with Crippen LogP contribution in [0.4, 0.5) is 0 Å². The number of rotatable bonds is 0. The van der Waals surface area contributed by atoms with E-state index in [4.69, 9.17) is 0 Å². The molecule has 1 heterocycles. The van der Waals surface area contributed by atoms with Gasteiger partial charge in [0.1, 0.15) is 0 Å². The third kappa shape index (κ3) is 1.85. The summed E-state index contributed by atoms with van der Waals surface area (Å²) >= 11 is 0. The Balaban J connectivity index is 0.000000490.